The molecule has 6 rings (SSSR count). The Labute approximate surface area is 438 Å². The van der Waals surface area contributed by atoms with E-state index < -0.39 is 16.0 Å². The van der Waals surface area contributed by atoms with Crippen LogP contribution in [0.3, 0.4) is 0 Å². The van der Waals surface area contributed by atoms with Crippen LogP contribution in [0, 0.1) is 12.3 Å². The van der Waals surface area contributed by atoms with Crippen LogP contribution in [-0.4, -0.2) is 116 Å². The lowest BCUT2D eigenvalue weighted by Gasteiger charge is -2.17. The van der Waals surface area contributed by atoms with Crippen molar-refractivity contribution < 1.29 is 51.7 Å². The summed E-state index contributed by atoms with van der Waals surface area (Å²) in [4.78, 5) is 67.0. The molecule has 4 aromatic rings. The minimum absolute atomic E-state index is 0.0484. The van der Waals surface area contributed by atoms with Gasteiger partial charge >= 0.3 is 5.97 Å². The van der Waals surface area contributed by atoms with Crippen molar-refractivity contribution in [3.8, 4) is 40.5 Å². The Morgan fingerprint density at radius 1 is 0.776 bits per heavy atom. The van der Waals surface area contributed by atoms with Crippen molar-refractivity contribution in [1.29, 1.82) is 0 Å². The van der Waals surface area contributed by atoms with Gasteiger partial charge in [-0.3, -0.25) is 19.2 Å². The molecule has 0 atom stereocenters. The lowest BCUT2D eigenvalue weighted by Crippen LogP contribution is -2.25. The van der Waals surface area contributed by atoms with Crippen molar-refractivity contribution in [2.75, 3.05) is 84.0 Å². The van der Waals surface area contributed by atoms with Gasteiger partial charge in [0.05, 0.1) is 36.8 Å². The van der Waals surface area contributed by atoms with Crippen LogP contribution < -0.4 is 31.0 Å². The highest BCUT2D eigenvalue weighted by molar-refractivity contribution is 7.89. The van der Waals surface area contributed by atoms with E-state index in [-0.39, 0.29) is 102 Å². The maximum absolute atomic E-state index is 12.5. The van der Waals surface area contributed by atoms with Gasteiger partial charge in [-0.25, -0.2) is 17.9 Å². The van der Waals surface area contributed by atoms with Gasteiger partial charge in [0, 0.05) is 127 Å². The summed E-state index contributed by atoms with van der Waals surface area (Å²) in [6.07, 6.45) is 6.74. The average molecular weight is 1060 g/mol. The van der Waals surface area contributed by atoms with Crippen molar-refractivity contribution in [3.05, 3.63) is 128 Å². The molecule has 6 N–H and O–H groups in total. The highest BCUT2D eigenvalue weighted by Crippen LogP contribution is 2.42. The summed E-state index contributed by atoms with van der Waals surface area (Å²) in [6.45, 7) is 2.88. The maximum atomic E-state index is 12.5. The van der Waals surface area contributed by atoms with Crippen LogP contribution in [0.1, 0.15) is 48.9 Å². The molecule has 0 spiro atoms. The van der Waals surface area contributed by atoms with Gasteiger partial charge in [-0.1, -0.05) is 46.5 Å². The molecule has 0 bridgehead atoms. The van der Waals surface area contributed by atoms with Crippen LogP contribution in [0.5, 0.6) is 5.75 Å². The number of carbonyl (C=O) groups excluding carboxylic acids is 3. The number of phenols is 1. The molecule has 3 amide bonds. The van der Waals surface area contributed by atoms with Gasteiger partial charge < -0.3 is 45.0 Å². The van der Waals surface area contributed by atoms with E-state index in [0.29, 0.717) is 73.1 Å². The van der Waals surface area contributed by atoms with Gasteiger partial charge in [0.25, 0.3) is 0 Å². The summed E-state index contributed by atoms with van der Waals surface area (Å²) in [5, 5.41) is 36.7. The topological polar surface area (TPSA) is 340 Å². The molecule has 0 aromatic heterocycles. The molecule has 400 valence electrons. The Bertz CT molecular complexity index is 3260. The molecule has 24 heteroatoms. The molecular weight excluding hydrogens is 1000 g/mol. The van der Waals surface area contributed by atoms with Gasteiger partial charge in [-0.2, -0.15) is 0 Å². The SMILES string of the molecule is C#CCNC(=O)CCOCCOC.CN(C)c1cccc2c(S(=O)(=O)NCCCN=[N+]=[N-])cccc12.[N-]=[N+]=NCCCNC(=O)CCCC(=O)Nc1ccc(-c2c3ccc(=O)cc-3oc3cc(O)ccc23)c(C(=O)O)c1. The first-order chi connectivity index (χ1) is 36.5. The van der Waals surface area contributed by atoms with Crippen LogP contribution in [0.4, 0.5) is 11.4 Å². The summed E-state index contributed by atoms with van der Waals surface area (Å²) in [7, 11) is 1.82. The van der Waals surface area contributed by atoms with Crippen LogP contribution >= 0.6 is 0 Å². The molecule has 23 nitrogen and oxygen atoms in total. The van der Waals surface area contributed by atoms with Crippen LogP contribution in [0.25, 0.3) is 65.1 Å². The summed E-state index contributed by atoms with van der Waals surface area (Å²) in [6, 6.07) is 24.0. The molecule has 4 aromatic carbocycles. The fraction of sp³-hybridized carbons (Fsp3) is 0.327. The second kappa shape index (κ2) is 31.1. The Morgan fingerprint density at radius 2 is 1.46 bits per heavy atom. The number of nitrogens with zero attached hydrogens (tertiary/aromatic N) is 7. The monoisotopic (exact) mass is 1060 g/mol. The number of rotatable bonds is 25. The lowest BCUT2D eigenvalue weighted by atomic mass is 9.90. The predicted octanol–water partition coefficient (Wildman–Crippen LogP) is 7.57. The van der Waals surface area contributed by atoms with Crippen molar-refractivity contribution in [3.63, 3.8) is 0 Å². The lowest BCUT2D eigenvalue weighted by molar-refractivity contribution is -0.122. The number of azide groups is 2. The third-order valence-corrected chi connectivity index (χ3v) is 12.3. The Kier molecular flexibility index (Phi) is 24.5. The van der Waals surface area contributed by atoms with Crippen LogP contribution in [0.15, 0.2) is 115 Å². The number of sulfonamides is 1. The number of carbonyl (C=O) groups is 4. The van der Waals surface area contributed by atoms with Crippen LogP contribution in [0.2, 0.25) is 0 Å². The number of terminal acetylenes is 1. The molecule has 1 aliphatic carbocycles. The van der Waals surface area contributed by atoms with Gasteiger partial charge in [0.2, 0.25) is 27.7 Å². The number of aromatic hydroxyl groups is 1. The van der Waals surface area contributed by atoms with Gasteiger partial charge in [-0.05, 0) is 84.4 Å². The van der Waals surface area contributed by atoms with E-state index >= 15 is 0 Å². The number of hydrogen-bond acceptors (Lipinski definition) is 14. The molecule has 76 heavy (non-hydrogen) atoms. The van der Waals surface area contributed by atoms with Gasteiger partial charge in [0.1, 0.15) is 17.1 Å². The molecule has 0 saturated carbocycles. The van der Waals surface area contributed by atoms with E-state index in [9.17, 15) is 42.6 Å². The second-order valence-electron chi connectivity index (χ2n) is 16.5. The number of carboxylic acids is 1. The van der Waals surface area contributed by atoms with E-state index in [1.165, 1.54) is 30.3 Å². The molecule has 0 fully saturated rings. The summed E-state index contributed by atoms with van der Waals surface area (Å²) in [5.41, 5.74) is 18.9. The number of phenolic OH excluding ortho intramolecular Hbond substituents is 1. The number of anilines is 2. The number of carboxylic acid groups (broad SMARTS) is 1. The Hall–Kier alpha value is -8.68. The number of nitrogens with one attached hydrogen (secondary N) is 4. The number of amides is 3. The van der Waals surface area contributed by atoms with E-state index in [4.69, 9.17) is 31.4 Å². The van der Waals surface area contributed by atoms with Gasteiger partial charge in [0.15, 0.2) is 5.43 Å². The smallest absolute Gasteiger partial charge is 0.336 e. The highest BCUT2D eigenvalue weighted by atomic mass is 32.2. The average Bonchev–Trinajstić information content (AvgIpc) is 3.39. The van der Waals surface area contributed by atoms with E-state index in [1.54, 1.807) is 49.6 Å². The van der Waals surface area contributed by atoms with Crippen molar-refractivity contribution in [1.82, 2.24) is 15.4 Å². The Morgan fingerprint density at radius 3 is 2.16 bits per heavy atom. The largest absolute Gasteiger partial charge is 0.508 e. The molecule has 0 radical (unpaired) electrons. The normalized spacial score (nSPS) is 10.6. The third-order valence-electron chi connectivity index (χ3n) is 10.8. The zero-order valence-electron chi connectivity index (χ0n) is 42.2. The molecule has 2 aliphatic rings. The van der Waals surface area contributed by atoms with E-state index in [0.717, 1.165) is 11.1 Å². The fourth-order valence-electron chi connectivity index (χ4n) is 7.32. The summed E-state index contributed by atoms with van der Waals surface area (Å²) < 4.78 is 43.3. The quantitative estimate of drug-likeness (QED) is 0.00805. The summed E-state index contributed by atoms with van der Waals surface area (Å²) >= 11 is 0. The van der Waals surface area contributed by atoms with Crippen molar-refractivity contribution >= 4 is 66.8 Å². The maximum Gasteiger partial charge on any atom is 0.336 e. The number of fused-ring (bicyclic) bond motifs is 3. The number of methoxy groups -OCH3 is 1. The zero-order chi connectivity index (χ0) is 55.5. The standard InChI is InChI=1S/C28H25N5O7.C15H19N5O2S.C9H15NO3/c29-33-31-12-2-11-30-25(36)3-1-4-26(37)32-16-5-8-19(22(13-16)28(38)39)27-20-9-6-17(34)14-23(20)40-24-15-18(35)7-10-21(24)27;1-20(2)14-8-3-7-13-12(14)6-4-9-15(13)23(21,22)18-11-5-10-17-19-16;1-3-5-10-9(11)4-6-13-8-7-12-2/h5-10,13-15,34H,1-4,11-12H2,(H,30,36)(H,32,37)(H,38,39);3-4,6-9,18H,5,10-11H2,1-2H3;1H,4-8H2,2H3,(H,10,11). The van der Waals surface area contributed by atoms with Crippen molar-refractivity contribution in [2.24, 2.45) is 10.2 Å². The number of ether oxygens (including phenoxy) is 2. The molecule has 0 saturated heterocycles. The summed E-state index contributed by atoms with van der Waals surface area (Å²) in [5.74, 6) is 0.566. The second-order valence-corrected chi connectivity index (χ2v) is 18.2. The molecule has 1 heterocycles. The number of benzene rings is 5. The third kappa shape index (κ3) is 18.7. The molecular formula is C52H59N11O12S. The molecule has 0 unspecified atom stereocenters. The first-order valence-electron chi connectivity index (χ1n) is 23.7. The zero-order valence-corrected chi connectivity index (χ0v) is 43.0. The van der Waals surface area contributed by atoms with E-state index in [2.05, 4.69) is 46.6 Å². The minimum atomic E-state index is -3.62. The molecule has 1 aliphatic heterocycles. The number of hydrogen-bond donors (Lipinski definition) is 6. The first kappa shape index (κ1) is 59.9. The van der Waals surface area contributed by atoms with E-state index in [1.807, 2.05) is 37.2 Å². The highest BCUT2D eigenvalue weighted by Gasteiger charge is 2.23. The first-order valence-corrected chi connectivity index (χ1v) is 25.1. The Balaban J connectivity index is 0.000000290. The van der Waals surface area contributed by atoms with Crippen molar-refractivity contribution in [2.45, 2.75) is 43.4 Å². The number of aromatic carboxylic acids is 1. The van der Waals surface area contributed by atoms with Crippen LogP contribution in [-0.2, 0) is 33.9 Å². The van der Waals surface area contributed by atoms with Gasteiger partial charge in [-0.15, -0.1) is 6.42 Å². The fourth-order valence-corrected chi connectivity index (χ4v) is 8.62. The predicted molar refractivity (Wildman–Crippen MR) is 289 cm³/mol. The minimum Gasteiger partial charge on any atom is -0.508 e.